The maximum absolute atomic E-state index is 12.3. The summed E-state index contributed by atoms with van der Waals surface area (Å²) >= 11 is 0. The topological polar surface area (TPSA) is 120 Å². The van der Waals surface area contributed by atoms with Crippen molar-refractivity contribution >= 4 is 5.97 Å². The van der Waals surface area contributed by atoms with Gasteiger partial charge in [-0.15, -0.1) is 0 Å². The number of hydrogen-bond acceptors (Lipinski definition) is 5. The van der Waals surface area contributed by atoms with Crippen LogP contribution in [0.4, 0.5) is 0 Å². The van der Waals surface area contributed by atoms with Gasteiger partial charge >= 0.3 is 11.7 Å². The van der Waals surface area contributed by atoms with E-state index in [4.69, 9.17) is 10.8 Å². The molecule has 122 valence electrons. The zero-order valence-corrected chi connectivity index (χ0v) is 13.1. The van der Waals surface area contributed by atoms with Gasteiger partial charge in [0.25, 0.3) is 5.56 Å². The first-order valence-corrected chi connectivity index (χ1v) is 6.94. The molecular weight excluding hydrogens is 300 g/mol. The largest absolute Gasteiger partial charge is 0.480 e. The van der Waals surface area contributed by atoms with Crippen LogP contribution in [0.3, 0.4) is 0 Å². The molecule has 0 spiro atoms. The highest BCUT2D eigenvalue weighted by Crippen LogP contribution is 2.17. The van der Waals surface area contributed by atoms with Gasteiger partial charge in [0.1, 0.15) is 6.04 Å². The van der Waals surface area contributed by atoms with Crippen LogP contribution in [0.15, 0.2) is 27.9 Å². The van der Waals surface area contributed by atoms with Gasteiger partial charge in [-0.3, -0.25) is 19.1 Å². The fraction of sp³-hybridized carbons (Fsp3) is 0.333. The lowest BCUT2D eigenvalue weighted by Crippen LogP contribution is -2.39. The third-order valence-electron chi connectivity index (χ3n) is 3.82. The predicted octanol–water partition coefficient (Wildman–Crippen LogP) is -0.591. The minimum Gasteiger partial charge on any atom is -0.480 e. The van der Waals surface area contributed by atoms with E-state index in [0.717, 1.165) is 4.57 Å². The predicted molar refractivity (Wildman–Crippen MR) is 84.2 cm³/mol. The van der Waals surface area contributed by atoms with E-state index in [1.54, 1.807) is 26.1 Å². The third-order valence-corrected chi connectivity index (χ3v) is 3.82. The van der Waals surface area contributed by atoms with Crippen LogP contribution in [0.1, 0.15) is 11.4 Å². The highest BCUT2D eigenvalue weighted by Gasteiger charge is 2.16. The fourth-order valence-electron chi connectivity index (χ4n) is 2.28. The second kappa shape index (κ2) is 6.17. The molecule has 0 saturated heterocycles. The van der Waals surface area contributed by atoms with Crippen molar-refractivity contribution in [3.8, 4) is 11.1 Å². The summed E-state index contributed by atoms with van der Waals surface area (Å²) in [5, 5.41) is 8.81. The number of pyridine rings is 1. The summed E-state index contributed by atoms with van der Waals surface area (Å²) in [6.45, 7) is 1.69. The van der Waals surface area contributed by atoms with Crippen LogP contribution in [0.25, 0.3) is 11.1 Å². The molecule has 2 aromatic heterocycles. The molecule has 0 bridgehead atoms. The van der Waals surface area contributed by atoms with Crippen molar-refractivity contribution in [1.29, 1.82) is 0 Å². The van der Waals surface area contributed by atoms with E-state index < -0.39 is 23.3 Å². The van der Waals surface area contributed by atoms with Crippen molar-refractivity contribution in [3.05, 3.63) is 50.6 Å². The van der Waals surface area contributed by atoms with Gasteiger partial charge in [0.2, 0.25) is 0 Å². The number of rotatable bonds is 4. The lowest BCUT2D eigenvalue weighted by molar-refractivity contribution is -0.138. The molecule has 0 aliphatic rings. The van der Waals surface area contributed by atoms with E-state index in [2.05, 4.69) is 4.98 Å². The number of hydrogen-bond donors (Lipinski definition) is 2. The second-order valence-corrected chi connectivity index (χ2v) is 5.35. The molecule has 8 nitrogen and oxygen atoms in total. The molecule has 0 amide bonds. The zero-order chi connectivity index (χ0) is 17.3. The zero-order valence-electron chi connectivity index (χ0n) is 13.1. The average Bonchev–Trinajstić information content (AvgIpc) is 2.52. The third kappa shape index (κ3) is 3.07. The quantitative estimate of drug-likeness (QED) is 0.777. The molecule has 0 aliphatic heterocycles. The lowest BCUT2D eigenvalue weighted by Gasteiger charge is -2.12. The number of aliphatic carboxylic acids is 1. The molecule has 2 heterocycles. The molecule has 1 atom stereocenters. The monoisotopic (exact) mass is 318 g/mol. The molecule has 8 heteroatoms. The first kappa shape index (κ1) is 16.6. The van der Waals surface area contributed by atoms with Crippen LogP contribution in [0.2, 0.25) is 0 Å². The lowest BCUT2D eigenvalue weighted by atomic mass is 10.1. The molecular formula is C15H18N4O4. The summed E-state index contributed by atoms with van der Waals surface area (Å²) in [6, 6.07) is 2.27. The molecule has 0 unspecified atom stereocenters. The summed E-state index contributed by atoms with van der Waals surface area (Å²) in [4.78, 5) is 39.1. The Morgan fingerprint density at radius 3 is 2.48 bits per heavy atom. The Morgan fingerprint density at radius 1 is 1.30 bits per heavy atom. The maximum atomic E-state index is 12.3. The van der Waals surface area contributed by atoms with Crippen LogP contribution < -0.4 is 17.0 Å². The number of carbonyl (C=O) groups is 1. The molecule has 0 aliphatic carbocycles. The van der Waals surface area contributed by atoms with Crippen LogP contribution >= 0.6 is 0 Å². The second-order valence-electron chi connectivity index (χ2n) is 5.35. The molecule has 0 aromatic carbocycles. The number of nitrogens with two attached hydrogens (primary N) is 1. The summed E-state index contributed by atoms with van der Waals surface area (Å²) in [6.07, 6.45) is 1.58. The Morgan fingerprint density at radius 2 is 1.96 bits per heavy atom. The molecule has 0 saturated carbocycles. The number of carboxylic acids is 1. The number of aromatic nitrogens is 3. The van der Waals surface area contributed by atoms with Crippen molar-refractivity contribution < 1.29 is 9.90 Å². The molecule has 0 radical (unpaired) electrons. The minimum atomic E-state index is -1.10. The van der Waals surface area contributed by atoms with Crippen molar-refractivity contribution in [3.63, 3.8) is 0 Å². The van der Waals surface area contributed by atoms with Gasteiger partial charge in [0, 0.05) is 43.7 Å². The van der Waals surface area contributed by atoms with E-state index in [1.165, 1.54) is 17.8 Å². The van der Waals surface area contributed by atoms with Crippen molar-refractivity contribution in [2.24, 2.45) is 19.8 Å². The normalized spacial score (nSPS) is 12.2. The van der Waals surface area contributed by atoms with Crippen molar-refractivity contribution in [2.75, 3.05) is 0 Å². The Labute approximate surface area is 131 Å². The standard InChI is InChI=1S/C15H18N4O4/c1-8-12(13(20)19(3)15(23)18(8)2)9-4-5-10(17-7-9)6-11(16)14(21)22/h4-5,7,11H,6,16H2,1-3H3,(H,21,22)/t11-/m0/s1. The molecule has 3 N–H and O–H groups in total. The summed E-state index contributed by atoms with van der Waals surface area (Å²) in [5.41, 5.74) is 6.68. The van der Waals surface area contributed by atoms with Crippen molar-refractivity contribution in [1.82, 2.24) is 14.1 Å². The number of carboxylic acid groups (broad SMARTS) is 1. The summed E-state index contributed by atoms with van der Waals surface area (Å²) in [5.74, 6) is -1.10. The van der Waals surface area contributed by atoms with E-state index in [0.29, 0.717) is 22.5 Å². The van der Waals surface area contributed by atoms with E-state index in [9.17, 15) is 14.4 Å². The Bertz CT molecular complexity index is 865. The summed E-state index contributed by atoms with van der Waals surface area (Å²) in [7, 11) is 3.01. The first-order valence-electron chi connectivity index (χ1n) is 6.94. The maximum Gasteiger partial charge on any atom is 0.330 e. The first-order chi connectivity index (χ1) is 10.7. The summed E-state index contributed by atoms with van der Waals surface area (Å²) < 4.78 is 2.43. The SMILES string of the molecule is Cc1c(-c2ccc(C[C@H](N)C(=O)O)nc2)c(=O)n(C)c(=O)n1C. The van der Waals surface area contributed by atoms with E-state index in [-0.39, 0.29) is 6.42 Å². The fourth-order valence-corrected chi connectivity index (χ4v) is 2.28. The van der Waals surface area contributed by atoms with Gasteiger partial charge in [0.05, 0.1) is 5.56 Å². The van der Waals surface area contributed by atoms with Gasteiger partial charge in [-0.25, -0.2) is 4.79 Å². The van der Waals surface area contributed by atoms with Gasteiger partial charge in [-0.1, -0.05) is 6.07 Å². The highest BCUT2D eigenvalue weighted by molar-refractivity contribution is 5.73. The van der Waals surface area contributed by atoms with Crippen LogP contribution in [0, 0.1) is 6.92 Å². The molecule has 23 heavy (non-hydrogen) atoms. The van der Waals surface area contributed by atoms with Gasteiger partial charge in [0.15, 0.2) is 0 Å². The molecule has 2 aromatic rings. The molecule has 0 fully saturated rings. The van der Waals surface area contributed by atoms with Gasteiger partial charge in [-0.05, 0) is 13.0 Å². The smallest absolute Gasteiger partial charge is 0.330 e. The van der Waals surface area contributed by atoms with Crippen LogP contribution in [-0.2, 0) is 25.3 Å². The Kier molecular flexibility index (Phi) is 4.46. The Balaban J connectivity index is 2.47. The Hall–Kier alpha value is -2.74. The minimum absolute atomic E-state index is 0.0971. The van der Waals surface area contributed by atoms with Gasteiger partial charge in [-0.2, -0.15) is 0 Å². The average molecular weight is 318 g/mol. The van der Waals surface area contributed by atoms with Crippen LogP contribution in [0.5, 0.6) is 0 Å². The van der Waals surface area contributed by atoms with Gasteiger partial charge < -0.3 is 15.4 Å². The van der Waals surface area contributed by atoms with Crippen LogP contribution in [-0.4, -0.2) is 31.2 Å². The van der Waals surface area contributed by atoms with E-state index >= 15 is 0 Å². The highest BCUT2D eigenvalue weighted by atomic mass is 16.4. The van der Waals surface area contributed by atoms with Crippen molar-refractivity contribution in [2.45, 2.75) is 19.4 Å². The number of nitrogens with zero attached hydrogens (tertiary/aromatic N) is 3. The molecule has 2 rings (SSSR count). The van der Waals surface area contributed by atoms with E-state index in [1.807, 2.05) is 0 Å².